The molecule has 2 atom stereocenters. The van der Waals surface area contributed by atoms with E-state index in [1.54, 1.807) is 6.20 Å². The second kappa shape index (κ2) is 5.69. The third kappa shape index (κ3) is 2.97. The molecule has 1 aliphatic rings. The zero-order valence-corrected chi connectivity index (χ0v) is 11.9. The number of carbonyl (C=O) groups excluding carboxylic acids is 1. The number of rotatable bonds is 3. The van der Waals surface area contributed by atoms with Crippen LogP contribution in [0.3, 0.4) is 0 Å². The summed E-state index contributed by atoms with van der Waals surface area (Å²) < 4.78 is 5.48. The number of aliphatic hydroxyl groups is 1. The maximum atomic E-state index is 12.2. The van der Waals surface area contributed by atoms with Crippen LogP contribution in [-0.4, -0.2) is 22.1 Å². The van der Waals surface area contributed by atoms with Crippen LogP contribution in [0.15, 0.2) is 34.9 Å². The second-order valence-electron chi connectivity index (χ2n) is 5.45. The maximum absolute atomic E-state index is 12.2. The normalized spacial score (nSPS) is 21.4. The third-order valence-corrected chi connectivity index (χ3v) is 3.81. The molecule has 0 saturated heterocycles. The number of nitrogens with zero attached hydrogens (tertiary/aromatic N) is 1. The lowest BCUT2D eigenvalue weighted by Gasteiger charge is -2.14. The van der Waals surface area contributed by atoms with Gasteiger partial charge in [-0.15, -0.1) is 0 Å². The number of hydrogen-bond donors (Lipinski definition) is 2. The van der Waals surface area contributed by atoms with E-state index in [-0.39, 0.29) is 11.8 Å². The molecule has 0 radical (unpaired) electrons. The average molecular weight is 286 g/mol. The summed E-state index contributed by atoms with van der Waals surface area (Å²) in [6.07, 6.45) is 3.48. The molecule has 2 N–H and O–H groups in total. The van der Waals surface area contributed by atoms with Gasteiger partial charge in [0.2, 0.25) is 11.8 Å². The van der Waals surface area contributed by atoms with Crippen LogP contribution in [0.5, 0.6) is 0 Å². The Labute approximate surface area is 123 Å². The van der Waals surface area contributed by atoms with Gasteiger partial charge in [-0.25, -0.2) is 4.98 Å². The van der Waals surface area contributed by atoms with Crippen LogP contribution in [0, 0.1) is 12.8 Å². The number of benzene rings is 1. The van der Waals surface area contributed by atoms with Gasteiger partial charge in [0, 0.05) is 11.3 Å². The SMILES string of the molecule is Cc1cnc(-c2cccc(NC(=O)C3CCCC3O)c2)o1. The first-order valence-corrected chi connectivity index (χ1v) is 7.15. The highest BCUT2D eigenvalue weighted by atomic mass is 16.4. The Morgan fingerprint density at radius 3 is 2.95 bits per heavy atom. The van der Waals surface area contributed by atoms with Crippen LogP contribution in [0.2, 0.25) is 0 Å². The van der Waals surface area contributed by atoms with E-state index in [2.05, 4.69) is 10.3 Å². The van der Waals surface area contributed by atoms with E-state index >= 15 is 0 Å². The van der Waals surface area contributed by atoms with Crippen LogP contribution in [-0.2, 0) is 4.79 Å². The average Bonchev–Trinajstić information content (AvgIpc) is 3.08. The molecule has 2 aromatic rings. The molecule has 0 aliphatic heterocycles. The van der Waals surface area contributed by atoms with Crippen molar-refractivity contribution in [2.24, 2.45) is 5.92 Å². The van der Waals surface area contributed by atoms with Crippen molar-refractivity contribution in [3.05, 3.63) is 36.2 Å². The molecule has 1 saturated carbocycles. The lowest BCUT2D eigenvalue weighted by atomic mass is 10.1. The molecule has 1 aliphatic carbocycles. The Hall–Kier alpha value is -2.14. The molecule has 1 fully saturated rings. The predicted octanol–water partition coefficient (Wildman–Crippen LogP) is 2.75. The smallest absolute Gasteiger partial charge is 0.230 e. The number of aromatic nitrogens is 1. The maximum Gasteiger partial charge on any atom is 0.230 e. The number of aliphatic hydroxyl groups excluding tert-OH is 1. The van der Waals surface area contributed by atoms with Gasteiger partial charge in [0.25, 0.3) is 0 Å². The van der Waals surface area contributed by atoms with E-state index in [4.69, 9.17) is 4.42 Å². The molecule has 0 bridgehead atoms. The van der Waals surface area contributed by atoms with Gasteiger partial charge in [0.1, 0.15) is 5.76 Å². The Morgan fingerprint density at radius 1 is 1.43 bits per heavy atom. The van der Waals surface area contributed by atoms with Crippen LogP contribution in [0.1, 0.15) is 25.0 Å². The van der Waals surface area contributed by atoms with E-state index in [1.807, 2.05) is 31.2 Å². The van der Waals surface area contributed by atoms with Gasteiger partial charge in [-0.05, 0) is 44.4 Å². The number of nitrogens with one attached hydrogen (secondary N) is 1. The zero-order chi connectivity index (χ0) is 14.8. The molecule has 2 unspecified atom stereocenters. The van der Waals surface area contributed by atoms with E-state index in [0.717, 1.165) is 24.2 Å². The molecular formula is C16H18N2O3. The van der Waals surface area contributed by atoms with E-state index in [1.165, 1.54) is 0 Å². The van der Waals surface area contributed by atoms with Crippen molar-refractivity contribution in [3.63, 3.8) is 0 Å². The molecule has 21 heavy (non-hydrogen) atoms. The van der Waals surface area contributed by atoms with Crippen molar-refractivity contribution in [2.45, 2.75) is 32.3 Å². The Bertz CT molecular complexity index is 650. The lowest BCUT2D eigenvalue weighted by molar-refractivity contribution is -0.122. The monoisotopic (exact) mass is 286 g/mol. The summed E-state index contributed by atoms with van der Waals surface area (Å²) in [5, 5.41) is 12.6. The van der Waals surface area contributed by atoms with E-state index in [0.29, 0.717) is 18.0 Å². The highest BCUT2D eigenvalue weighted by Crippen LogP contribution is 2.28. The highest BCUT2D eigenvalue weighted by molar-refractivity contribution is 5.93. The number of anilines is 1. The molecule has 110 valence electrons. The summed E-state index contributed by atoms with van der Waals surface area (Å²) in [5.41, 5.74) is 1.50. The molecule has 1 heterocycles. The number of oxazole rings is 1. The van der Waals surface area contributed by atoms with Gasteiger partial charge in [0.15, 0.2) is 0 Å². The largest absolute Gasteiger partial charge is 0.441 e. The van der Waals surface area contributed by atoms with E-state index < -0.39 is 6.10 Å². The van der Waals surface area contributed by atoms with Crippen LogP contribution >= 0.6 is 0 Å². The second-order valence-corrected chi connectivity index (χ2v) is 5.45. The van der Waals surface area contributed by atoms with Gasteiger partial charge in [-0.2, -0.15) is 0 Å². The minimum atomic E-state index is -0.525. The van der Waals surface area contributed by atoms with Gasteiger partial charge in [-0.1, -0.05) is 6.07 Å². The zero-order valence-electron chi connectivity index (χ0n) is 11.9. The number of amides is 1. The fraction of sp³-hybridized carbons (Fsp3) is 0.375. The van der Waals surface area contributed by atoms with Gasteiger partial charge in [-0.3, -0.25) is 4.79 Å². The summed E-state index contributed by atoms with van der Waals surface area (Å²) >= 11 is 0. The predicted molar refractivity (Wildman–Crippen MR) is 78.7 cm³/mol. The van der Waals surface area contributed by atoms with Gasteiger partial charge in [0.05, 0.1) is 18.2 Å². The van der Waals surface area contributed by atoms with Gasteiger partial charge >= 0.3 is 0 Å². The first-order chi connectivity index (χ1) is 10.1. The highest BCUT2D eigenvalue weighted by Gasteiger charge is 2.31. The number of aryl methyl sites for hydroxylation is 1. The molecule has 3 rings (SSSR count). The first-order valence-electron chi connectivity index (χ1n) is 7.15. The fourth-order valence-corrected chi connectivity index (χ4v) is 2.70. The van der Waals surface area contributed by atoms with Crippen molar-refractivity contribution < 1.29 is 14.3 Å². The quantitative estimate of drug-likeness (QED) is 0.909. The van der Waals surface area contributed by atoms with E-state index in [9.17, 15) is 9.90 Å². The molecule has 1 aromatic carbocycles. The van der Waals surface area contributed by atoms with Crippen molar-refractivity contribution in [2.75, 3.05) is 5.32 Å². The summed E-state index contributed by atoms with van der Waals surface area (Å²) in [4.78, 5) is 16.3. The molecule has 0 spiro atoms. The summed E-state index contributed by atoms with van der Waals surface area (Å²) in [5.74, 6) is 0.844. The molecule has 5 heteroatoms. The fourth-order valence-electron chi connectivity index (χ4n) is 2.70. The third-order valence-electron chi connectivity index (χ3n) is 3.81. The molecule has 1 aromatic heterocycles. The Kier molecular flexibility index (Phi) is 3.75. The molecular weight excluding hydrogens is 268 g/mol. The van der Waals surface area contributed by atoms with Crippen LogP contribution in [0.25, 0.3) is 11.5 Å². The van der Waals surface area contributed by atoms with Crippen LogP contribution < -0.4 is 5.32 Å². The summed E-state index contributed by atoms with van der Waals surface area (Å²) in [6.45, 7) is 1.84. The molecule has 5 nitrogen and oxygen atoms in total. The molecule has 1 amide bonds. The van der Waals surface area contributed by atoms with Crippen molar-refractivity contribution in [1.29, 1.82) is 0 Å². The topological polar surface area (TPSA) is 75.4 Å². The summed E-state index contributed by atoms with van der Waals surface area (Å²) in [7, 11) is 0. The summed E-state index contributed by atoms with van der Waals surface area (Å²) in [6, 6.07) is 7.37. The van der Waals surface area contributed by atoms with Crippen molar-refractivity contribution in [3.8, 4) is 11.5 Å². The minimum absolute atomic E-state index is 0.124. The Balaban J connectivity index is 1.76. The number of hydrogen-bond acceptors (Lipinski definition) is 4. The first kappa shape index (κ1) is 13.8. The standard InChI is InChI=1S/C16H18N2O3/c1-10-9-17-16(21-10)11-4-2-5-12(8-11)18-15(20)13-6-3-7-14(13)19/h2,4-5,8-9,13-14,19H,3,6-7H2,1H3,(H,18,20). The van der Waals surface area contributed by atoms with Gasteiger partial charge < -0.3 is 14.8 Å². The lowest BCUT2D eigenvalue weighted by Crippen LogP contribution is -2.28. The van der Waals surface area contributed by atoms with Crippen molar-refractivity contribution >= 4 is 11.6 Å². The van der Waals surface area contributed by atoms with Crippen LogP contribution in [0.4, 0.5) is 5.69 Å². The number of carbonyl (C=O) groups is 1. The minimum Gasteiger partial charge on any atom is -0.441 e. The Morgan fingerprint density at radius 2 is 2.29 bits per heavy atom. The van der Waals surface area contributed by atoms with Crippen molar-refractivity contribution in [1.82, 2.24) is 4.98 Å².